The van der Waals surface area contributed by atoms with Crippen LogP contribution in [0.2, 0.25) is 0 Å². The highest BCUT2D eigenvalue weighted by Gasteiger charge is 2.23. The van der Waals surface area contributed by atoms with E-state index in [0.29, 0.717) is 13.1 Å². The lowest BCUT2D eigenvalue weighted by atomic mass is 10.2. The Morgan fingerprint density at radius 1 is 0.231 bits per heavy atom. The molecule has 108 heavy (non-hydrogen) atoms. The predicted molar refractivity (Wildman–Crippen MR) is 331 cm³/mol. The van der Waals surface area contributed by atoms with E-state index in [-0.39, 0.29) is 38.1 Å². The van der Waals surface area contributed by atoms with Crippen LogP contribution in [0.25, 0.3) is 0 Å². The lowest BCUT2D eigenvalue weighted by molar-refractivity contribution is -0.238. The van der Waals surface area contributed by atoms with Crippen LogP contribution >= 0.6 is 102 Å². The molecule has 0 fully saturated rings. The van der Waals surface area contributed by atoms with Gasteiger partial charge in [0.2, 0.25) is 0 Å². The van der Waals surface area contributed by atoms with E-state index in [4.69, 9.17) is 19.8 Å². The second-order valence-electron chi connectivity index (χ2n) is 19.7. The van der Waals surface area contributed by atoms with Crippen LogP contribution < -0.4 is 84.9 Å². The SMILES string of the molecule is CNCC(C)COP(=O)([O-])OCCOP(=O)([O-])O.CNCC(C)COP(=O)([O-])OCCOP(=O)([O-])O.CNCC(CO)COP(=O)([O-])OCCOP(=O)([O-])OCCOP(=O)([O-])OCCOP(=O)([O-])OCCOP(=O)([O-])OCCOP(=O)([O-])OCCOP(=O)([O-])OCCOP(=O)([O-])OCC(CNC)COP(=O)([O-])O. The Hall–Kier alpha value is 1.23. The molecular formula is C38H86N4O53P13-13. The van der Waals surface area contributed by atoms with Crippen molar-refractivity contribution in [1.82, 2.24) is 21.3 Å². The van der Waals surface area contributed by atoms with Gasteiger partial charge < -0.3 is 209 Å². The van der Waals surface area contributed by atoms with Crippen LogP contribution in [0.3, 0.4) is 0 Å². The number of nitrogens with one attached hydrogen (secondary N) is 4. The molecule has 0 aromatic carbocycles. The van der Waals surface area contributed by atoms with Gasteiger partial charge in [-0.1, -0.05) is 13.8 Å². The fraction of sp³-hybridized carbons (Fsp3) is 1.00. The van der Waals surface area contributed by atoms with Crippen molar-refractivity contribution in [1.29, 1.82) is 0 Å². The van der Waals surface area contributed by atoms with E-state index in [2.05, 4.69) is 125 Å². The van der Waals surface area contributed by atoms with E-state index in [9.17, 15) is 123 Å². The summed E-state index contributed by atoms with van der Waals surface area (Å²) in [5.74, 6) is -1.56. The maximum atomic E-state index is 11.9. The summed E-state index contributed by atoms with van der Waals surface area (Å²) < 4.78 is 247. The standard InChI is InChI=1S/C24H61N2O37P9.2C7H19NO8P2/c1-25-17-23(19-27)20-62-71(43,44)59-15-13-57-69(39,40)55-11-9-53-67(35,36)51-7-5-49-65(31,32)47-3-4-48-66(33,34)50-6-8-52-68(37,38)54-10-12-56-70(41,42)58-14-16-60-72(45,46)63-22-24(18-26-2)21-61-64(28,29)30;2*1-7(5-8-2)6-16-18(12,13)15-4-3-14-17(9,10)11/h23-27H,3-22H2,1-2H3,(H,31,32)(H,33,34)(H,35,36)(H,37,38)(H,39,40)(H,41,42)(H,43,44)(H,45,46)(H2,28,29,30);2*7-8H,3-6H2,1-2H3,(H,12,13)(H2,9,10,11)/p-13. The largest absolute Gasteiger partial charge is 0.756 e. The topological polar surface area (TPSA) is 863 Å². The van der Waals surface area contributed by atoms with Crippen molar-refractivity contribution in [3.8, 4) is 0 Å². The Kier molecular flexibility index (Phi) is 61.1. The van der Waals surface area contributed by atoms with E-state index in [1.807, 2.05) is 0 Å². The number of rotatable bonds is 69. The van der Waals surface area contributed by atoms with Gasteiger partial charge in [-0.3, -0.25) is 59.3 Å². The molecule has 0 amide bonds. The second-order valence-corrected chi connectivity index (χ2v) is 37.4. The molecule has 0 rings (SSSR count). The van der Waals surface area contributed by atoms with Crippen molar-refractivity contribution in [3.05, 3.63) is 0 Å². The van der Waals surface area contributed by atoms with Gasteiger partial charge in [0.1, 0.15) is 0 Å². The third-order valence-corrected chi connectivity index (χ3v) is 21.4. The zero-order valence-electron chi connectivity index (χ0n) is 57.7. The molecule has 0 radical (unpaired) electrons. The number of hydrogen-bond acceptors (Lipinski definition) is 54. The van der Waals surface area contributed by atoms with Gasteiger partial charge in [-0.15, -0.1) is 0 Å². The fourth-order valence-corrected chi connectivity index (χ4v) is 14.0. The van der Waals surface area contributed by atoms with Crippen molar-refractivity contribution in [2.75, 3.05) is 213 Å². The zero-order chi connectivity index (χ0) is 83.7. The zero-order valence-corrected chi connectivity index (χ0v) is 69.3. The first-order valence-electron chi connectivity index (χ1n) is 29.7. The molecule has 0 aromatic heterocycles. The van der Waals surface area contributed by atoms with Crippen molar-refractivity contribution < 1.29 is 247 Å². The van der Waals surface area contributed by atoms with Gasteiger partial charge in [-0.05, 0) is 53.1 Å². The number of hydrogen-bond donors (Lipinski definition) is 8. The Morgan fingerprint density at radius 2 is 0.380 bits per heavy atom. The lowest BCUT2D eigenvalue weighted by Gasteiger charge is -2.28. The molecule has 0 aliphatic rings. The molecule has 0 heterocycles. The molecule has 70 heteroatoms. The first kappa shape index (κ1) is 113. The van der Waals surface area contributed by atoms with E-state index in [0.717, 1.165) is 0 Å². The minimum atomic E-state index is -5.27. The van der Waals surface area contributed by atoms with Crippen molar-refractivity contribution >= 4 is 102 Å². The average Bonchev–Trinajstić information content (AvgIpc) is 0.906. The van der Waals surface area contributed by atoms with Crippen LogP contribution in [-0.4, -0.2) is 233 Å². The van der Waals surface area contributed by atoms with E-state index >= 15 is 0 Å². The lowest BCUT2D eigenvalue weighted by Crippen LogP contribution is -2.28. The molecule has 0 spiro atoms. The first-order valence-corrected chi connectivity index (χ1v) is 48.7. The van der Waals surface area contributed by atoms with Gasteiger partial charge in [0.15, 0.2) is 0 Å². The summed E-state index contributed by atoms with van der Waals surface area (Å²) in [4.78, 5) is 173. The van der Waals surface area contributed by atoms with Crippen molar-refractivity contribution in [2.45, 2.75) is 13.8 Å². The summed E-state index contributed by atoms with van der Waals surface area (Å²) >= 11 is 0. The third kappa shape index (κ3) is 75.9. The third-order valence-electron chi connectivity index (χ3n) is 10.0. The number of phosphoric ester groups is 13. The molecular weight excluding hydrogens is 1760 g/mol. The second kappa shape index (κ2) is 58.2. The van der Waals surface area contributed by atoms with Crippen LogP contribution in [0.15, 0.2) is 0 Å². The van der Waals surface area contributed by atoms with Crippen LogP contribution in [0, 0.1) is 23.7 Å². The smallest absolute Gasteiger partial charge is 0.268 e. The van der Waals surface area contributed by atoms with E-state index in [1.54, 1.807) is 35.0 Å². The summed E-state index contributed by atoms with van der Waals surface area (Å²) in [6.07, 6.45) is 0. The summed E-state index contributed by atoms with van der Waals surface area (Å²) in [7, 11) is -58.7. The summed E-state index contributed by atoms with van der Waals surface area (Å²) in [5.41, 5.74) is 0. The molecule has 8 N–H and O–H groups in total. The maximum Gasteiger partial charge on any atom is 0.268 e. The van der Waals surface area contributed by atoms with Crippen LogP contribution in [0.5, 0.6) is 0 Å². The minimum Gasteiger partial charge on any atom is -0.756 e. The van der Waals surface area contributed by atoms with Crippen LogP contribution in [0.1, 0.15) is 13.8 Å². The highest BCUT2D eigenvalue weighted by Crippen LogP contribution is 2.47. The number of phosphoric acid groups is 13. The highest BCUT2D eigenvalue weighted by atomic mass is 31.2. The summed E-state index contributed by atoms with van der Waals surface area (Å²) in [5, 5.41) is 20.1. The Bertz CT molecular complexity index is 3020. The van der Waals surface area contributed by atoms with Gasteiger partial charge in [0, 0.05) is 31.5 Å². The molecule has 0 aromatic rings. The van der Waals surface area contributed by atoms with E-state index < -0.39 is 259 Å². The monoisotopic (exact) mass is 1850 g/mol. The average molecular weight is 1850 g/mol. The minimum absolute atomic E-state index is 0.0258. The summed E-state index contributed by atoms with van der Waals surface area (Å²) in [6.45, 7) is -13.5. The van der Waals surface area contributed by atoms with Gasteiger partial charge in [-0.25, -0.2) is 0 Å². The Labute approximate surface area is 618 Å². The molecule has 0 bridgehead atoms. The van der Waals surface area contributed by atoms with Crippen LogP contribution in [0.4, 0.5) is 0 Å². The molecule has 0 saturated heterocycles. The highest BCUT2D eigenvalue weighted by molar-refractivity contribution is 7.48. The van der Waals surface area contributed by atoms with Gasteiger partial charge in [-0.2, -0.15) is 0 Å². The normalized spacial score (nSPS) is 20.5. The molecule has 0 saturated carbocycles. The number of aliphatic hydroxyl groups is 1. The molecule has 57 nitrogen and oxygen atoms in total. The summed E-state index contributed by atoms with van der Waals surface area (Å²) in [6, 6.07) is 0. The molecule has 17 atom stereocenters. The van der Waals surface area contributed by atoms with Gasteiger partial charge >= 0.3 is 0 Å². The van der Waals surface area contributed by atoms with Crippen LogP contribution in [-0.2, 0) is 163 Å². The molecule has 0 aliphatic carbocycles. The maximum absolute atomic E-state index is 11.9. The quantitative estimate of drug-likeness (QED) is 0.0207. The molecule has 0 aliphatic heterocycles. The predicted octanol–water partition coefficient (Wildman–Crippen LogP) is -8.22. The van der Waals surface area contributed by atoms with E-state index in [1.165, 1.54) is 7.05 Å². The first-order chi connectivity index (χ1) is 49.4. The van der Waals surface area contributed by atoms with Crippen molar-refractivity contribution in [2.24, 2.45) is 23.7 Å². The molecule has 654 valence electrons. The Morgan fingerprint density at radius 3 is 0.556 bits per heavy atom. The Balaban J connectivity index is -0.00000247. The van der Waals surface area contributed by atoms with Gasteiger partial charge in [0.25, 0.3) is 102 Å². The fourth-order valence-electron chi connectivity index (χ4n) is 5.83. The van der Waals surface area contributed by atoms with Crippen molar-refractivity contribution in [3.63, 3.8) is 0 Å². The molecule has 17 unspecified atom stereocenters. The number of aliphatic hydroxyl groups excluding tert-OH is 1. The van der Waals surface area contributed by atoms with Gasteiger partial charge in [0.05, 0.1) is 152 Å².